The first-order chi connectivity index (χ1) is 19.6. The summed E-state index contributed by atoms with van der Waals surface area (Å²) in [6, 6.07) is 17.0. The lowest BCUT2D eigenvalue weighted by Gasteiger charge is -2.37. The molecule has 6 rings (SSSR count). The monoisotopic (exact) mass is 571 g/mol. The molecule has 1 aliphatic heterocycles. The molecule has 3 atom stereocenters. The van der Waals surface area contributed by atoms with Gasteiger partial charge in [-0.25, -0.2) is 4.79 Å². The number of hydrogen-bond donors (Lipinski definition) is 4. The molecule has 0 bridgehead atoms. The van der Waals surface area contributed by atoms with E-state index < -0.39 is 29.6 Å². The Morgan fingerprint density at radius 1 is 1.05 bits per heavy atom. The lowest BCUT2D eigenvalue weighted by molar-refractivity contribution is -0.124. The predicted octanol–water partition coefficient (Wildman–Crippen LogP) is 3.68. The quantitative estimate of drug-likeness (QED) is 0.262. The zero-order valence-corrected chi connectivity index (χ0v) is 23.1. The van der Waals surface area contributed by atoms with Crippen LogP contribution in [0.1, 0.15) is 44.4 Å². The SMILES string of the molecule is Cc1cc(Oc2ccccc2)ccc1C1(N)C(=O)C(N)c2c(C(=O)N3CC[C@H](OC(N)=O)C3)sc3c(N)ccc1c23. The Bertz CT molecular complexity index is 1720. The van der Waals surface area contributed by atoms with Gasteiger partial charge in [0, 0.05) is 29.6 Å². The van der Waals surface area contributed by atoms with Gasteiger partial charge in [0.1, 0.15) is 23.1 Å². The summed E-state index contributed by atoms with van der Waals surface area (Å²) in [5.41, 5.74) is 26.4. The fraction of sp³-hybridized carbons (Fsp3) is 0.233. The lowest BCUT2D eigenvalue weighted by atomic mass is 9.69. The van der Waals surface area contributed by atoms with Gasteiger partial charge in [0.15, 0.2) is 5.78 Å². The van der Waals surface area contributed by atoms with Gasteiger partial charge in [-0.15, -0.1) is 11.3 Å². The van der Waals surface area contributed by atoms with Crippen LogP contribution in [-0.4, -0.2) is 41.9 Å². The third-order valence-corrected chi connectivity index (χ3v) is 9.07. The number of hydrogen-bond acceptors (Lipinski definition) is 9. The van der Waals surface area contributed by atoms with E-state index in [1.54, 1.807) is 29.2 Å². The number of aryl methyl sites for hydroxylation is 1. The van der Waals surface area contributed by atoms with Crippen LogP contribution >= 0.6 is 11.3 Å². The van der Waals surface area contributed by atoms with E-state index in [4.69, 9.17) is 32.4 Å². The normalized spacial score (nSPS) is 21.7. The van der Waals surface area contributed by atoms with E-state index in [-0.39, 0.29) is 12.5 Å². The van der Waals surface area contributed by atoms with Gasteiger partial charge in [-0.2, -0.15) is 0 Å². The highest BCUT2D eigenvalue weighted by Gasteiger charge is 2.49. The van der Waals surface area contributed by atoms with Crippen LogP contribution in [0, 0.1) is 6.92 Å². The van der Waals surface area contributed by atoms with Crippen molar-refractivity contribution in [2.75, 3.05) is 18.8 Å². The third-order valence-electron chi connectivity index (χ3n) is 7.82. The second-order valence-corrected chi connectivity index (χ2v) is 11.4. The Balaban J connectivity index is 1.43. The van der Waals surface area contributed by atoms with Gasteiger partial charge in [-0.1, -0.05) is 30.3 Å². The molecule has 8 N–H and O–H groups in total. The summed E-state index contributed by atoms with van der Waals surface area (Å²) in [7, 11) is 0. The minimum atomic E-state index is -1.58. The molecular weight excluding hydrogens is 542 g/mol. The maximum Gasteiger partial charge on any atom is 0.404 e. The van der Waals surface area contributed by atoms with Crippen molar-refractivity contribution in [2.45, 2.75) is 31.0 Å². The first-order valence-electron chi connectivity index (χ1n) is 13.1. The highest BCUT2D eigenvalue weighted by atomic mass is 32.1. The molecule has 1 aliphatic carbocycles. The molecule has 0 saturated carbocycles. The van der Waals surface area contributed by atoms with Gasteiger partial charge in [0.25, 0.3) is 5.91 Å². The third kappa shape index (κ3) is 4.29. The van der Waals surface area contributed by atoms with Gasteiger partial charge >= 0.3 is 6.09 Å². The maximum atomic E-state index is 14.1. The van der Waals surface area contributed by atoms with Gasteiger partial charge in [-0.05, 0) is 53.9 Å². The predicted molar refractivity (Wildman–Crippen MR) is 156 cm³/mol. The highest BCUT2D eigenvalue weighted by Crippen LogP contribution is 2.50. The van der Waals surface area contributed by atoms with Crippen LogP contribution in [0.5, 0.6) is 11.5 Å². The molecule has 3 aromatic carbocycles. The van der Waals surface area contributed by atoms with Crippen LogP contribution in [0.2, 0.25) is 0 Å². The van der Waals surface area contributed by atoms with Crippen LogP contribution in [-0.2, 0) is 15.1 Å². The summed E-state index contributed by atoms with van der Waals surface area (Å²) in [4.78, 5) is 40.9. The van der Waals surface area contributed by atoms with E-state index in [9.17, 15) is 14.4 Å². The number of anilines is 1. The molecule has 1 fully saturated rings. The number of ketones is 1. The van der Waals surface area contributed by atoms with Crippen molar-refractivity contribution in [1.29, 1.82) is 0 Å². The fourth-order valence-electron chi connectivity index (χ4n) is 5.90. The average molecular weight is 572 g/mol. The number of carbonyl (C=O) groups excluding carboxylic acids is 3. The summed E-state index contributed by atoms with van der Waals surface area (Å²) in [5, 5.41) is 0.626. The van der Waals surface area contributed by atoms with Crippen LogP contribution in [0.25, 0.3) is 10.1 Å². The zero-order chi connectivity index (χ0) is 29.1. The van der Waals surface area contributed by atoms with Crippen LogP contribution in [0.4, 0.5) is 10.5 Å². The molecule has 11 heteroatoms. The Morgan fingerprint density at radius 3 is 2.49 bits per heavy atom. The van der Waals surface area contributed by atoms with Crippen LogP contribution in [0.3, 0.4) is 0 Å². The van der Waals surface area contributed by atoms with Gasteiger partial charge in [0.05, 0.1) is 22.2 Å². The molecule has 1 saturated heterocycles. The molecular formula is C30H29N5O5S. The number of para-hydroxylation sites is 1. The standard InChI is InChI=1S/C30H29N5O5S/c1-15-13-17(39-16-5-3-2-4-6-16)7-8-19(15)30(34)20-9-10-21(31)25-22(20)23(24(32)27(30)36)26(41-25)28(37)35-12-11-18(14-35)40-29(33)38/h2-10,13,18,24H,11-12,14,31-32,34H2,1H3,(H2,33,38)/t18-,24?,30?/m0/s1. The lowest BCUT2D eigenvalue weighted by Crippen LogP contribution is -2.53. The average Bonchev–Trinajstić information content (AvgIpc) is 3.57. The number of amides is 2. The summed E-state index contributed by atoms with van der Waals surface area (Å²) < 4.78 is 11.7. The van der Waals surface area contributed by atoms with E-state index in [1.165, 1.54) is 11.3 Å². The van der Waals surface area contributed by atoms with Crippen molar-refractivity contribution in [1.82, 2.24) is 4.90 Å². The molecule has 1 aromatic heterocycles. The number of nitrogens with two attached hydrogens (primary N) is 4. The Morgan fingerprint density at radius 2 is 1.78 bits per heavy atom. The van der Waals surface area contributed by atoms with Gasteiger partial charge in [-0.3, -0.25) is 9.59 Å². The Kier molecular flexibility index (Phi) is 6.45. The smallest absolute Gasteiger partial charge is 0.404 e. The highest BCUT2D eigenvalue weighted by molar-refractivity contribution is 7.21. The van der Waals surface area contributed by atoms with E-state index >= 15 is 0 Å². The first kappa shape index (κ1) is 26.8. The number of Topliss-reactive ketones (excluding diaryl/α,β-unsaturated/α-hetero) is 1. The Labute approximate surface area is 239 Å². The molecule has 210 valence electrons. The largest absolute Gasteiger partial charge is 0.457 e. The molecule has 2 heterocycles. The Hall–Kier alpha value is -4.45. The zero-order valence-electron chi connectivity index (χ0n) is 22.3. The van der Waals surface area contributed by atoms with Crippen molar-refractivity contribution < 1.29 is 23.9 Å². The first-order valence-corrected chi connectivity index (χ1v) is 13.9. The number of benzene rings is 3. The van der Waals surface area contributed by atoms with Crippen LogP contribution < -0.4 is 27.7 Å². The van der Waals surface area contributed by atoms with Crippen molar-refractivity contribution >= 4 is 44.9 Å². The minimum absolute atomic E-state index is 0.193. The summed E-state index contributed by atoms with van der Waals surface area (Å²) in [5.74, 6) is 0.543. The van der Waals surface area contributed by atoms with Gasteiger partial charge in [0.2, 0.25) is 0 Å². The van der Waals surface area contributed by atoms with E-state index in [0.717, 1.165) is 5.56 Å². The number of primary amides is 1. The number of thiophene rings is 1. The van der Waals surface area contributed by atoms with E-state index in [2.05, 4.69) is 0 Å². The van der Waals surface area contributed by atoms with E-state index in [1.807, 2.05) is 43.3 Å². The summed E-state index contributed by atoms with van der Waals surface area (Å²) in [6.07, 6.45) is -0.921. The second kappa shape index (κ2) is 9.88. The van der Waals surface area contributed by atoms with Crippen molar-refractivity contribution in [3.63, 3.8) is 0 Å². The number of likely N-dealkylation sites (tertiary alicyclic amines) is 1. The van der Waals surface area contributed by atoms with E-state index in [0.29, 0.717) is 61.8 Å². The molecule has 2 aliphatic rings. The number of rotatable bonds is 5. The molecule has 2 amide bonds. The molecule has 0 radical (unpaired) electrons. The van der Waals surface area contributed by atoms with Crippen LogP contribution in [0.15, 0.2) is 60.7 Å². The van der Waals surface area contributed by atoms with Crippen molar-refractivity contribution in [3.05, 3.63) is 87.8 Å². The van der Waals surface area contributed by atoms with Crippen molar-refractivity contribution in [2.24, 2.45) is 17.2 Å². The van der Waals surface area contributed by atoms with Crippen molar-refractivity contribution in [3.8, 4) is 11.5 Å². The molecule has 0 spiro atoms. The summed E-state index contributed by atoms with van der Waals surface area (Å²) in [6.45, 7) is 2.43. The topological polar surface area (TPSA) is 177 Å². The number of carbonyl (C=O) groups is 3. The molecule has 10 nitrogen and oxygen atoms in total. The number of ether oxygens (including phenoxy) is 2. The van der Waals surface area contributed by atoms with Gasteiger partial charge < -0.3 is 37.3 Å². The molecule has 4 aromatic rings. The minimum Gasteiger partial charge on any atom is -0.457 e. The fourth-order valence-corrected chi connectivity index (χ4v) is 7.17. The number of nitrogen functional groups attached to an aromatic ring is 1. The summed E-state index contributed by atoms with van der Waals surface area (Å²) >= 11 is 1.19. The molecule has 41 heavy (non-hydrogen) atoms. The molecule has 2 unspecified atom stereocenters. The maximum absolute atomic E-state index is 14.1. The number of nitrogens with zero attached hydrogens (tertiary/aromatic N) is 1. The second-order valence-electron chi connectivity index (χ2n) is 10.4.